The molecule has 134 valence electrons. The van der Waals surface area contributed by atoms with Crippen LogP contribution in [0.1, 0.15) is 19.3 Å². The lowest BCUT2D eigenvalue weighted by Crippen LogP contribution is -2.28. The minimum atomic E-state index is -0.513. The molecule has 2 amide bonds. The molecule has 25 heavy (non-hydrogen) atoms. The van der Waals surface area contributed by atoms with E-state index in [1.165, 1.54) is 11.8 Å². The second kappa shape index (κ2) is 8.40. The highest BCUT2D eigenvalue weighted by Gasteiger charge is 2.32. The fourth-order valence-electron chi connectivity index (χ4n) is 2.56. The highest BCUT2D eigenvalue weighted by atomic mass is 35.5. The van der Waals surface area contributed by atoms with Crippen LogP contribution in [0.15, 0.2) is 23.2 Å². The predicted octanol–water partition coefficient (Wildman–Crippen LogP) is 3.09. The summed E-state index contributed by atoms with van der Waals surface area (Å²) < 4.78 is 5.50. The Labute approximate surface area is 159 Å². The molecule has 2 heterocycles. The van der Waals surface area contributed by atoms with Crippen LogP contribution >= 0.6 is 35.0 Å². The van der Waals surface area contributed by atoms with E-state index in [9.17, 15) is 9.59 Å². The number of amides is 2. The van der Waals surface area contributed by atoms with Gasteiger partial charge in [0.15, 0.2) is 5.17 Å². The van der Waals surface area contributed by atoms with Crippen molar-refractivity contribution < 1.29 is 14.3 Å². The largest absolute Gasteiger partial charge is 0.376 e. The molecule has 0 radical (unpaired) electrons. The summed E-state index contributed by atoms with van der Waals surface area (Å²) in [7, 11) is 0. The summed E-state index contributed by atoms with van der Waals surface area (Å²) in [5.41, 5.74) is 0.426. The van der Waals surface area contributed by atoms with E-state index in [2.05, 4.69) is 15.6 Å². The van der Waals surface area contributed by atoms with Crippen LogP contribution < -0.4 is 10.6 Å². The van der Waals surface area contributed by atoms with Crippen LogP contribution in [0.25, 0.3) is 0 Å². The molecule has 1 aromatic carbocycles. The van der Waals surface area contributed by atoms with E-state index >= 15 is 0 Å². The molecular formula is C16H17Cl2N3O3S. The van der Waals surface area contributed by atoms with Crippen molar-refractivity contribution >= 4 is 57.6 Å². The number of rotatable bonds is 5. The number of ether oxygens (including phenoxy) is 1. The summed E-state index contributed by atoms with van der Waals surface area (Å²) in [6.45, 7) is 1.30. The SMILES string of the molecule is O=C(C[C@H]1SC(=NC[C@H]2CCCO2)NC1=O)Nc1cccc(Cl)c1Cl. The molecule has 2 aliphatic rings. The van der Waals surface area contributed by atoms with Crippen molar-refractivity contribution in [3.8, 4) is 0 Å². The molecule has 0 aliphatic carbocycles. The normalized spacial score (nSPS) is 24.6. The van der Waals surface area contributed by atoms with Gasteiger partial charge in [0.2, 0.25) is 11.8 Å². The highest BCUT2D eigenvalue weighted by molar-refractivity contribution is 8.15. The first-order valence-electron chi connectivity index (χ1n) is 7.90. The van der Waals surface area contributed by atoms with E-state index in [0.29, 0.717) is 22.4 Å². The van der Waals surface area contributed by atoms with Gasteiger partial charge in [-0.15, -0.1) is 0 Å². The van der Waals surface area contributed by atoms with Gasteiger partial charge in [0.25, 0.3) is 0 Å². The Bertz CT molecular complexity index is 708. The summed E-state index contributed by atoms with van der Waals surface area (Å²) in [6, 6.07) is 4.98. The van der Waals surface area contributed by atoms with E-state index in [0.717, 1.165) is 19.4 Å². The molecule has 0 bridgehead atoms. The number of carbonyl (C=O) groups excluding carboxylic acids is 2. The Kier molecular flexibility index (Phi) is 6.22. The van der Waals surface area contributed by atoms with Crippen molar-refractivity contribution in [2.45, 2.75) is 30.6 Å². The number of benzene rings is 1. The van der Waals surface area contributed by atoms with Gasteiger partial charge >= 0.3 is 0 Å². The lowest BCUT2D eigenvalue weighted by Gasteiger charge is -2.09. The van der Waals surface area contributed by atoms with E-state index < -0.39 is 5.25 Å². The lowest BCUT2D eigenvalue weighted by atomic mass is 10.2. The molecule has 6 nitrogen and oxygen atoms in total. The predicted molar refractivity (Wildman–Crippen MR) is 101 cm³/mol. The molecule has 3 rings (SSSR count). The quantitative estimate of drug-likeness (QED) is 0.794. The van der Waals surface area contributed by atoms with Crippen molar-refractivity contribution in [2.24, 2.45) is 4.99 Å². The average Bonchev–Trinajstić information content (AvgIpc) is 3.20. The number of nitrogens with one attached hydrogen (secondary N) is 2. The van der Waals surface area contributed by atoms with Gasteiger partial charge in [-0.25, -0.2) is 0 Å². The Morgan fingerprint density at radius 1 is 1.44 bits per heavy atom. The second-order valence-corrected chi connectivity index (χ2v) is 7.71. The third-order valence-electron chi connectivity index (χ3n) is 3.84. The van der Waals surface area contributed by atoms with E-state index in [1.54, 1.807) is 18.2 Å². The number of aliphatic imine (C=N–C) groups is 1. The van der Waals surface area contributed by atoms with Gasteiger partial charge in [-0.1, -0.05) is 41.0 Å². The van der Waals surface area contributed by atoms with Crippen LogP contribution in [-0.2, 0) is 14.3 Å². The highest BCUT2D eigenvalue weighted by Crippen LogP contribution is 2.30. The molecule has 2 aliphatic heterocycles. The van der Waals surface area contributed by atoms with Gasteiger partial charge in [0, 0.05) is 13.0 Å². The fraction of sp³-hybridized carbons (Fsp3) is 0.438. The van der Waals surface area contributed by atoms with Crippen molar-refractivity contribution in [3.63, 3.8) is 0 Å². The summed E-state index contributed by atoms with van der Waals surface area (Å²) in [4.78, 5) is 28.6. The monoisotopic (exact) mass is 401 g/mol. The zero-order valence-corrected chi connectivity index (χ0v) is 15.6. The van der Waals surface area contributed by atoms with Crippen LogP contribution in [0.3, 0.4) is 0 Å². The van der Waals surface area contributed by atoms with E-state index in [1.807, 2.05) is 0 Å². The number of halogens is 2. The van der Waals surface area contributed by atoms with Crippen molar-refractivity contribution in [2.75, 3.05) is 18.5 Å². The number of carbonyl (C=O) groups is 2. The number of amidine groups is 1. The Morgan fingerprint density at radius 3 is 3.04 bits per heavy atom. The van der Waals surface area contributed by atoms with E-state index in [4.69, 9.17) is 27.9 Å². The smallest absolute Gasteiger partial charge is 0.240 e. The molecule has 0 aromatic heterocycles. The first-order chi connectivity index (χ1) is 12.0. The number of nitrogens with zero attached hydrogens (tertiary/aromatic N) is 1. The fourth-order valence-corrected chi connectivity index (χ4v) is 3.88. The molecule has 2 fully saturated rings. The van der Waals surface area contributed by atoms with Crippen LogP contribution in [0, 0.1) is 0 Å². The Hall–Kier alpha value is -1.28. The van der Waals surface area contributed by atoms with Crippen molar-refractivity contribution in [1.29, 1.82) is 0 Å². The van der Waals surface area contributed by atoms with Gasteiger partial charge < -0.3 is 15.4 Å². The van der Waals surface area contributed by atoms with Gasteiger partial charge in [-0.3, -0.25) is 14.6 Å². The van der Waals surface area contributed by atoms with Crippen LogP contribution in [0.4, 0.5) is 5.69 Å². The van der Waals surface area contributed by atoms with Gasteiger partial charge in [0.1, 0.15) is 5.25 Å². The van der Waals surface area contributed by atoms with Crippen LogP contribution in [0.5, 0.6) is 0 Å². The van der Waals surface area contributed by atoms with Gasteiger partial charge in [-0.2, -0.15) is 0 Å². The molecule has 2 N–H and O–H groups in total. The zero-order valence-electron chi connectivity index (χ0n) is 13.3. The minimum Gasteiger partial charge on any atom is -0.376 e. The summed E-state index contributed by atoms with van der Waals surface area (Å²) >= 11 is 13.2. The molecule has 0 spiro atoms. The topological polar surface area (TPSA) is 79.8 Å². The first kappa shape index (κ1) is 18.5. The molecule has 0 saturated carbocycles. The van der Waals surface area contributed by atoms with Gasteiger partial charge in [-0.05, 0) is 25.0 Å². The Morgan fingerprint density at radius 2 is 2.28 bits per heavy atom. The minimum absolute atomic E-state index is 0.0261. The third-order valence-corrected chi connectivity index (χ3v) is 5.77. The maximum Gasteiger partial charge on any atom is 0.240 e. The maximum absolute atomic E-state index is 12.2. The van der Waals surface area contributed by atoms with Crippen molar-refractivity contribution in [3.05, 3.63) is 28.2 Å². The lowest BCUT2D eigenvalue weighted by molar-refractivity contribution is -0.122. The second-order valence-electron chi connectivity index (χ2n) is 5.73. The number of hydrogen-bond acceptors (Lipinski definition) is 5. The number of hydrogen-bond donors (Lipinski definition) is 2. The zero-order chi connectivity index (χ0) is 17.8. The van der Waals surface area contributed by atoms with E-state index in [-0.39, 0.29) is 29.4 Å². The van der Waals surface area contributed by atoms with Gasteiger partial charge in [0.05, 0.1) is 28.4 Å². The number of anilines is 1. The Balaban J connectivity index is 1.53. The molecule has 2 saturated heterocycles. The summed E-state index contributed by atoms with van der Waals surface area (Å²) in [5, 5.41) is 6.05. The first-order valence-corrected chi connectivity index (χ1v) is 9.54. The average molecular weight is 402 g/mol. The van der Waals surface area contributed by atoms with Crippen molar-refractivity contribution in [1.82, 2.24) is 5.32 Å². The molecular weight excluding hydrogens is 385 g/mol. The molecule has 2 atom stereocenters. The van der Waals surface area contributed by atoms with Crippen LogP contribution in [0.2, 0.25) is 10.0 Å². The summed E-state index contributed by atoms with van der Waals surface area (Å²) in [5.74, 6) is -0.527. The third kappa shape index (κ3) is 4.88. The standard InChI is InChI=1S/C16H17Cl2N3O3S/c17-10-4-1-5-11(14(10)18)20-13(22)7-12-15(23)21-16(25-12)19-8-9-3-2-6-24-9/h1,4-5,9,12H,2-3,6-8H2,(H,20,22)(H,19,21,23)/t9-,12-/m1/s1. The molecule has 1 aromatic rings. The number of thioether (sulfide) groups is 1. The summed E-state index contributed by atoms with van der Waals surface area (Å²) in [6.07, 6.45) is 2.18. The molecule has 0 unspecified atom stereocenters. The molecule has 9 heteroatoms. The van der Waals surface area contributed by atoms with Crippen LogP contribution in [-0.4, -0.2) is 41.5 Å². The maximum atomic E-state index is 12.2.